The van der Waals surface area contributed by atoms with E-state index in [1.54, 1.807) is 0 Å². The van der Waals surface area contributed by atoms with Crippen LogP contribution < -0.4 is 5.48 Å². The molecule has 3 N–H and O–H groups in total. The first-order valence-corrected chi connectivity index (χ1v) is 1.43. The molecule has 4 nitrogen and oxygen atoms in total. The molecule has 0 aliphatic carbocycles. The van der Waals surface area contributed by atoms with Crippen LogP contribution in [0.5, 0.6) is 0 Å². The molecule has 0 radical (unpaired) electrons. The van der Waals surface area contributed by atoms with Crippen molar-refractivity contribution in [2.75, 3.05) is 6.54 Å². The molecule has 4 heteroatoms. The van der Waals surface area contributed by atoms with Crippen LogP contribution in [0.2, 0.25) is 0 Å². The normalized spacial score (nSPS) is 8.17. The number of hydrogen-bond acceptors (Lipinski definition) is 2. The van der Waals surface area contributed by atoms with Crippen molar-refractivity contribution in [2.45, 2.75) is 0 Å². The first kappa shape index (κ1) is 5.39. The van der Waals surface area contributed by atoms with Gasteiger partial charge in [0.2, 0.25) is 0 Å². The number of hydrogen-bond donors (Lipinski definition) is 2. The lowest BCUT2D eigenvalue weighted by molar-refractivity contribution is -0.578. The largest absolute Gasteiger partial charge is 0.635 e. The third-order valence-corrected chi connectivity index (χ3v) is 0.258. The first-order valence-electron chi connectivity index (χ1n) is 1.43. The molecule has 0 fully saturated rings. The van der Waals surface area contributed by atoms with E-state index in [-0.39, 0.29) is 6.54 Å². The van der Waals surface area contributed by atoms with Crippen molar-refractivity contribution in [1.82, 2.24) is 0 Å². The molecule has 0 aromatic heterocycles. The van der Waals surface area contributed by atoms with Crippen LogP contribution in [0.3, 0.4) is 0 Å². The van der Waals surface area contributed by atoms with E-state index >= 15 is 0 Å². The third kappa shape index (κ3) is 3.39. The fraction of sp³-hybridized carbons (Fsp3) is 0.500. The lowest BCUT2D eigenvalue weighted by Gasteiger charge is -1.92. The van der Waals surface area contributed by atoms with Crippen LogP contribution in [-0.2, 0) is 4.79 Å². The van der Waals surface area contributed by atoms with Crippen molar-refractivity contribution < 1.29 is 15.4 Å². The topological polar surface area (TPSA) is 77.0 Å². The quantitative estimate of drug-likeness (QED) is 0.391. The third-order valence-electron chi connectivity index (χ3n) is 0.258. The van der Waals surface area contributed by atoms with Crippen molar-refractivity contribution in [2.24, 2.45) is 0 Å². The summed E-state index contributed by atoms with van der Waals surface area (Å²) in [4.78, 5) is 9.37. The minimum atomic E-state index is -1.08. The summed E-state index contributed by atoms with van der Waals surface area (Å²) < 4.78 is 0. The molecule has 0 saturated carbocycles. The van der Waals surface area contributed by atoms with Gasteiger partial charge in [-0.05, 0) is 0 Å². The van der Waals surface area contributed by atoms with E-state index in [0.29, 0.717) is 5.48 Å². The minimum absolute atomic E-state index is 0.350. The van der Waals surface area contributed by atoms with E-state index in [4.69, 9.17) is 5.11 Å². The second kappa shape index (κ2) is 2.62. The van der Waals surface area contributed by atoms with E-state index in [0.717, 1.165) is 0 Å². The van der Waals surface area contributed by atoms with E-state index in [1.807, 2.05) is 0 Å². The average Bonchev–Trinajstić information content (AvgIpc) is 1.35. The lowest BCUT2D eigenvalue weighted by Crippen LogP contribution is -2.79. The number of rotatable bonds is 2. The van der Waals surface area contributed by atoms with Crippen LogP contribution in [0.15, 0.2) is 0 Å². The van der Waals surface area contributed by atoms with Gasteiger partial charge in [0.1, 0.15) is 0 Å². The Hall–Kier alpha value is -0.610. The Bertz CT molecular complexity index is 52.8. The second-order valence-electron chi connectivity index (χ2n) is 0.765. The van der Waals surface area contributed by atoms with Crippen molar-refractivity contribution >= 4 is 5.97 Å². The Morgan fingerprint density at radius 3 is 2.50 bits per heavy atom. The van der Waals surface area contributed by atoms with Gasteiger partial charge in [0.25, 0.3) is 0 Å². The lowest BCUT2D eigenvalue weighted by atomic mass is 10.7. The van der Waals surface area contributed by atoms with Gasteiger partial charge in [-0.15, -0.1) is 0 Å². The summed E-state index contributed by atoms with van der Waals surface area (Å²) in [5, 5.41) is 16.9. The number of carbonyl (C=O) groups is 1. The Labute approximate surface area is 34.4 Å². The molecular formula is C2H5NO3. The maximum Gasteiger partial charge on any atom is 0.359 e. The molecule has 0 heterocycles. The Morgan fingerprint density at radius 1 is 2.00 bits per heavy atom. The molecular weight excluding hydrogens is 86.0 g/mol. The highest BCUT2D eigenvalue weighted by molar-refractivity contribution is 5.67. The van der Waals surface area contributed by atoms with Crippen molar-refractivity contribution in [3.63, 3.8) is 0 Å². The number of aliphatic carboxylic acids is 1. The van der Waals surface area contributed by atoms with Crippen molar-refractivity contribution in [3.05, 3.63) is 5.21 Å². The summed E-state index contributed by atoms with van der Waals surface area (Å²) in [5.41, 5.74) is 0.350. The van der Waals surface area contributed by atoms with Crippen LogP contribution in [0.25, 0.3) is 0 Å². The van der Waals surface area contributed by atoms with Gasteiger partial charge in [0.15, 0.2) is 6.54 Å². The zero-order chi connectivity index (χ0) is 4.99. The zero-order valence-electron chi connectivity index (χ0n) is 3.05. The Morgan fingerprint density at radius 2 is 2.50 bits per heavy atom. The van der Waals surface area contributed by atoms with Gasteiger partial charge in [0, 0.05) is 0 Å². The molecule has 0 spiro atoms. The molecule has 0 unspecified atom stereocenters. The summed E-state index contributed by atoms with van der Waals surface area (Å²) in [6.45, 7) is -0.389. The van der Waals surface area contributed by atoms with Gasteiger partial charge in [-0.2, -0.15) is 0 Å². The fourth-order valence-electron chi connectivity index (χ4n) is 0.0713. The molecule has 0 aromatic carbocycles. The summed E-state index contributed by atoms with van der Waals surface area (Å²) in [7, 11) is 0. The second-order valence-corrected chi connectivity index (χ2v) is 0.765. The average molecular weight is 91.1 g/mol. The predicted octanol–water partition coefficient (Wildman–Crippen LogP) is -1.87. The van der Waals surface area contributed by atoms with Gasteiger partial charge in [0.05, 0.1) is 0 Å². The molecule has 0 aromatic rings. The van der Waals surface area contributed by atoms with Crippen LogP contribution in [-0.4, -0.2) is 17.6 Å². The molecule has 0 rings (SSSR count). The predicted molar refractivity (Wildman–Crippen MR) is 17.8 cm³/mol. The maximum atomic E-state index is 9.37. The van der Waals surface area contributed by atoms with Gasteiger partial charge >= 0.3 is 5.97 Å². The van der Waals surface area contributed by atoms with Gasteiger partial charge < -0.3 is 15.8 Å². The van der Waals surface area contributed by atoms with E-state index in [9.17, 15) is 10.0 Å². The number of hydroxylamine groups is 1. The number of carboxylic acid groups (broad SMARTS) is 1. The SMILES string of the molecule is O=C(O)C[NH2+][O-]. The number of nitrogens with two attached hydrogens (primary N) is 1. The highest BCUT2D eigenvalue weighted by Crippen LogP contribution is 1.43. The van der Waals surface area contributed by atoms with E-state index < -0.39 is 5.97 Å². The van der Waals surface area contributed by atoms with Gasteiger partial charge in [-0.3, -0.25) is 0 Å². The highest BCUT2D eigenvalue weighted by atomic mass is 16.5. The Balaban J connectivity index is 2.83. The fourth-order valence-corrected chi connectivity index (χ4v) is 0.0713. The molecule has 0 atom stereocenters. The van der Waals surface area contributed by atoms with Crippen LogP contribution in [0.4, 0.5) is 0 Å². The molecule has 0 aliphatic rings. The molecule has 36 valence electrons. The van der Waals surface area contributed by atoms with Crippen LogP contribution in [0, 0.1) is 5.21 Å². The van der Waals surface area contributed by atoms with Gasteiger partial charge in [-0.25, -0.2) is 4.79 Å². The molecule has 0 aliphatic heterocycles. The molecule has 0 amide bonds. The molecule has 0 bridgehead atoms. The summed E-state index contributed by atoms with van der Waals surface area (Å²) in [6, 6.07) is 0. The van der Waals surface area contributed by atoms with E-state index in [2.05, 4.69) is 0 Å². The van der Waals surface area contributed by atoms with Crippen LogP contribution in [0.1, 0.15) is 0 Å². The monoisotopic (exact) mass is 91.0 g/mol. The van der Waals surface area contributed by atoms with Crippen molar-refractivity contribution in [1.29, 1.82) is 0 Å². The smallest absolute Gasteiger partial charge is 0.359 e. The van der Waals surface area contributed by atoms with Crippen molar-refractivity contribution in [3.8, 4) is 0 Å². The first-order chi connectivity index (χ1) is 2.77. The summed E-state index contributed by atoms with van der Waals surface area (Å²) >= 11 is 0. The van der Waals surface area contributed by atoms with Gasteiger partial charge in [-0.1, -0.05) is 0 Å². The number of carboxylic acids is 1. The van der Waals surface area contributed by atoms with Crippen LogP contribution >= 0.6 is 0 Å². The molecule has 0 saturated heterocycles. The highest BCUT2D eigenvalue weighted by Gasteiger charge is 1.88. The summed E-state index contributed by atoms with van der Waals surface area (Å²) in [5.74, 6) is -1.08. The van der Waals surface area contributed by atoms with E-state index in [1.165, 1.54) is 0 Å². The number of quaternary nitrogens is 1. The Kier molecular flexibility index (Phi) is 2.35. The summed E-state index contributed by atoms with van der Waals surface area (Å²) in [6.07, 6.45) is 0. The standard InChI is InChI=1S/C2H5NO3/c4-2(5)1-3-6/h1,3H2,(H,4,5). The minimum Gasteiger partial charge on any atom is -0.635 e. The maximum absolute atomic E-state index is 9.37. The zero-order valence-corrected chi connectivity index (χ0v) is 3.05. The molecule has 6 heavy (non-hydrogen) atoms.